The number of thioether (sulfide) groups is 1. The molecule has 0 saturated carbocycles. The molecular weight excluding hydrogens is 350 g/mol. The van der Waals surface area contributed by atoms with Gasteiger partial charge in [0.15, 0.2) is 0 Å². The molecule has 0 aliphatic carbocycles. The van der Waals surface area contributed by atoms with Gasteiger partial charge in [-0.05, 0) is 24.3 Å². The number of thiazole rings is 1. The van der Waals surface area contributed by atoms with E-state index in [-0.39, 0.29) is 4.90 Å². The quantitative estimate of drug-likeness (QED) is 0.650. The molecule has 0 N–H and O–H groups in total. The molecule has 5 nitrogen and oxygen atoms in total. The molecule has 1 aromatic carbocycles. The van der Waals surface area contributed by atoms with Gasteiger partial charge in [0.2, 0.25) is 10.0 Å². The zero-order valence-corrected chi connectivity index (χ0v) is 15.1. The summed E-state index contributed by atoms with van der Waals surface area (Å²) >= 11 is 3.21. The molecule has 120 valence electrons. The van der Waals surface area contributed by atoms with Crippen molar-refractivity contribution in [2.75, 3.05) is 14.1 Å². The van der Waals surface area contributed by atoms with Gasteiger partial charge in [0.1, 0.15) is 9.90 Å². The molecule has 0 amide bonds. The lowest BCUT2D eigenvalue weighted by Crippen LogP contribution is -2.22. The van der Waals surface area contributed by atoms with Crippen molar-refractivity contribution in [1.82, 2.24) is 14.3 Å². The number of hydrogen-bond acceptors (Lipinski definition) is 6. The normalized spacial score (nSPS) is 12.1. The third kappa shape index (κ3) is 3.55. The van der Waals surface area contributed by atoms with Crippen LogP contribution in [0.4, 0.5) is 0 Å². The number of benzene rings is 1. The van der Waals surface area contributed by atoms with Crippen molar-refractivity contribution in [3.63, 3.8) is 0 Å². The Bertz CT molecular complexity index is 886. The maximum absolute atomic E-state index is 12.0. The van der Waals surface area contributed by atoms with E-state index in [9.17, 15) is 8.42 Å². The lowest BCUT2D eigenvalue weighted by Gasteiger charge is -2.10. The van der Waals surface area contributed by atoms with Crippen molar-refractivity contribution < 1.29 is 8.42 Å². The van der Waals surface area contributed by atoms with Gasteiger partial charge in [-0.1, -0.05) is 23.9 Å². The molecule has 23 heavy (non-hydrogen) atoms. The SMILES string of the molecule is CN(C)S(=O)(=O)c1ccc(SCc2nc3ccccc3s2)nc1. The van der Waals surface area contributed by atoms with Crippen molar-refractivity contribution in [1.29, 1.82) is 0 Å². The number of rotatable bonds is 5. The Morgan fingerprint density at radius 3 is 2.61 bits per heavy atom. The Morgan fingerprint density at radius 1 is 1.17 bits per heavy atom. The van der Waals surface area contributed by atoms with Crippen LogP contribution in [0.25, 0.3) is 10.2 Å². The fourth-order valence-corrected chi connectivity index (χ4v) is 4.58. The third-order valence-electron chi connectivity index (χ3n) is 3.17. The Kier molecular flexibility index (Phi) is 4.67. The molecule has 0 spiro atoms. The lowest BCUT2D eigenvalue weighted by molar-refractivity contribution is 0.520. The van der Waals surface area contributed by atoms with Crippen LogP contribution in [0.2, 0.25) is 0 Å². The highest BCUT2D eigenvalue weighted by Crippen LogP contribution is 2.28. The van der Waals surface area contributed by atoms with Crippen molar-refractivity contribution in [2.24, 2.45) is 0 Å². The number of pyridine rings is 1. The molecule has 3 rings (SSSR count). The van der Waals surface area contributed by atoms with Crippen LogP contribution in [0.3, 0.4) is 0 Å². The maximum atomic E-state index is 12.0. The Morgan fingerprint density at radius 2 is 1.96 bits per heavy atom. The standard InChI is InChI=1S/C15H15N3O2S3/c1-18(2)23(19,20)11-7-8-14(16-9-11)21-10-15-17-12-5-3-4-6-13(12)22-15/h3-9H,10H2,1-2H3. The van der Waals surface area contributed by atoms with Gasteiger partial charge < -0.3 is 0 Å². The summed E-state index contributed by atoms with van der Waals surface area (Å²) in [5.74, 6) is 0.714. The Balaban J connectivity index is 1.71. The smallest absolute Gasteiger partial charge is 0.244 e. The predicted octanol–water partition coefficient (Wildman–Crippen LogP) is 3.23. The van der Waals surface area contributed by atoms with Crippen LogP contribution in [0.5, 0.6) is 0 Å². The molecule has 0 aliphatic rings. The van der Waals surface area contributed by atoms with E-state index < -0.39 is 10.0 Å². The van der Waals surface area contributed by atoms with Crippen molar-refractivity contribution in [3.8, 4) is 0 Å². The summed E-state index contributed by atoms with van der Waals surface area (Å²) in [6.07, 6.45) is 1.40. The predicted molar refractivity (Wildman–Crippen MR) is 94.3 cm³/mol. The van der Waals surface area contributed by atoms with Gasteiger partial charge >= 0.3 is 0 Å². The van der Waals surface area contributed by atoms with E-state index in [1.54, 1.807) is 35.2 Å². The van der Waals surface area contributed by atoms with Crippen LogP contribution in [-0.2, 0) is 15.8 Å². The first-order valence-electron chi connectivity index (χ1n) is 6.82. The molecule has 0 aliphatic heterocycles. The summed E-state index contributed by atoms with van der Waals surface area (Å²) in [6.45, 7) is 0. The van der Waals surface area contributed by atoms with E-state index in [4.69, 9.17) is 0 Å². The van der Waals surface area contributed by atoms with E-state index in [1.807, 2.05) is 18.2 Å². The first kappa shape index (κ1) is 16.4. The molecule has 2 heterocycles. The van der Waals surface area contributed by atoms with E-state index in [0.29, 0.717) is 5.75 Å². The van der Waals surface area contributed by atoms with E-state index in [2.05, 4.69) is 16.0 Å². The van der Waals surface area contributed by atoms with Crippen LogP contribution >= 0.6 is 23.1 Å². The van der Waals surface area contributed by atoms with E-state index in [0.717, 1.165) is 15.6 Å². The number of para-hydroxylation sites is 1. The second kappa shape index (κ2) is 6.56. The minimum atomic E-state index is -3.43. The highest BCUT2D eigenvalue weighted by atomic mass is 32.2. The Hall–Kier alpha value is -1.48. The molecule has 0 radical (unpaired) electrons. The number of hydrogen-bond donors (Lipinski definition) is 0. The second-order valence-corrected chi connectivity index (χ2v) is 9.25. The van der Waals surface area contributed by atoms with Crippen LogP contribution in [0.1, 0.15) is 5.01 Å². The van der Waals surface area contributed by atoms with Gasteiger partial charge in [0.25, 0.3) is 0 Å². The minimum absolute atomic E-state index is 0.201. The Labute approximate surface area is 143 Å². The molecule has 2 aromatic heterocycles. The molecule has 3 aromatic rings. The van der Waals surface area contributed by atoms with Gasteiger partial charge in [-0.15, -0.1) is 11.3 Å². The van der Waals surface area contributed by atoms with Gasteiger partial charge in [-0.3, -0.25) is 0 Å². The molecule has 0 unspecified atom stereocenters. The highest BCUT2D eigenvalue weighted by molar-refractivity contribution is 7.98. The zero-order chi connectivity index (χ0) is 16.4. The summed E-state index contributed by atoms with van der Waals surface area (Å²) in [6, 6.07) is 11.4. The zero-order valence-electron chi connectivity index (χ0n) is 12.6. The van der Waals surface area contributed by atoms with Crippen molar-refractivity contribution in [3.05, 3.63) is 47.6 Å². The largest absolute Gasteiger partial charge is 0.249 e. The maximum Gasteiger partial charge on any atom is 0.244 e. The third-order valence-corrected chi connectivity index (χ3v) is 7.14. The summed E-state index contributed by atoms with van der Waals surface area (Å²) < 4.78 is 26.3. The lowest BCUT2D eigenvalue weighted by atomic mass is 10.3. The molecular formula is C15H15N3O2S3. The van der Waals surface area contributed by atoms with Crippen LogP contribution in [0, 0.1) is 0 Å². The van der Waals surface area contributed by atoms with Gasteiger partial charge in [-0.25, -0.2) is 22.7 Å². The summed E-state index contributed by atoms with van der Waals surface area (Å²) in [5, 5.41) is 1.81. The molecule has 0 saturated heterocycles. The summed E-state index contributed by atoms with van der Waals surface area (Å²) in [4.78, 5) is 9.01. The number of aromatic nitrogens is 2. The fourth-order valence-electron chi connectivity index (χ4n) is 1.93. The average molecular weight is 366 g/mol. The average Bonchev–Trinajstić information content (AvgIpc) is 2.96. The number of sulfonamides is 1. The molecule has 0 bridgehead atoms. The molecule has 0 fully saturated rings. The minimum Gasteiger partial charge on any atom is -0.249 e. The monoisotopic (exact) mass is 365 g/mol. The topological polar surface area (TPSA) is 63.2 Å². The number of fused-ring (bicyclic) bond motifs is 1. The highest BCUT2D eigenvalue weighted by Gasteiger charge is 2.17. The van der Waals surface area contributed by atoms with Crippen LogP contribution < -0.4 is 0 Å². The molecule has 8 heteroatoms. The fraction of sp³-hybridized carbons (Fsp3) is 0.200. The van der Waals surface area contributed by atoms with E-state index in [1.165, 1.54) is 29.3 Å². The van der Waals surface area contributed by atoms with Gasteiger partial charge in [-0.2, -0.15) is 0 Å². The van der Waals surface area contributed by atoms with Gasteiger partial charge in [0, 0.05) is 20.3 Å². The van der Waals surface area contributed by atoms with Crippen LogP contribution in [0.15, 0.2) is 52.5 Å². The van der Waals surface area contributed by atoms with Crippen molar-refractivity contribution >= 4 is 43.3 Å². The first-order chi connectivity index (χ1) is 11.0. The van der Waals surface area contributed by atoms with E-state index >= 15 is 0 Å². The van der Waals surface area contributed by atoms with Crippen molar-refractivity contribution in [2.45, 2.75) is 15.7 Å². The number of nitrogens with zero attached hydrogens (tertiary/aromatic N) is 3. The van der Waals surface area contributed by atoms with Gasteiger partial charge in [0.05, 0.1) is 21.0 Å². The second-order valence-electron chi connectivity index (χ2n) is 4.98. The van der Waals surface area contributed by atoms with Crippen LogP contribution in [-0.4, -0.2) is 36.8 Å². The summed E-state index contributed by atoms with van der Waals surface area (Å²) in [5.41, 5.74) is 1.01. The summed E-state index contributed by atoms with van der Waals surface area (Å²) in [7, 11) is -0.417. The first-order valence-corrected chi connectivity index (χ1v) is 10.1. The molecule has 0 atom stereocenters.